The van der Waals surface area contributed by atoms with Crippen molar-refractivity contribution in [2.24, 2.45) is 0 Å². The molecule has 1 aliphatic rings. The van der Waals surface area contributed by atoms with Crippen molar-refractivity contribution in [3.63, 3.8) is 0 Å². The normalized spacial score (nSPS) is 15.6. The van der Waals surface area contributed by atoms with Crippen molar-refractivity contribution in [2.45, 2.75) is 51.2 Å². The zero-order valence-electron chi connectivity index (χ0n) is 23.7. The fraction of sp³-hybridized carbons (Fsp3) is 0.452. The van der Waals surface area contributed by atoms with Gasteiger partial charge in [-0.3, -0.25) is 9.78 Å². The van der Waals surface area contributed by atoms with Gasteiger partial charge in [-0.1, -0.05) is 6.07 Å². The Labute approximate surface area is 239 Å². The van der Waals surface area contributed by atoms with Crippen LogP contribution in [0.15, 0.2) is 60.9 Å². The van der Waals surface area contributed by atoms with Crippen LogP contribution >= 0.6 is 0 Å². The van der Waals surface area contributed by atoms with Gasteiger partial charge in [0.25, 0.3) is 0 Å². The van der Waals surface area contributed by atoms with Crippen LogP contribution in [0.5, 0.6) is 5.88 Å². The Balaban J connectivity index is 1.35. The summed E-state index contributed by atoms with van der Waals surface area (Å²) in [6.07, 6.45) is 2.61. The second kappa shape index (κ2) is 14.3. The van der Waals surface area contributed by atoms with E-state index in [1.165, 1.54) is 12.1 Å². The molecule has 41 heavy (non-hydrogen) atoms. The largest absolute Gasteiger partial charge is 0.477 e. The van der Waals surface area contributed by atoms with E-state index in [9.17, 15) is 18.0 Å². The summed E-state index contributed by atoms with van der Waals surface area (Å²) < 4.78 is 45.0. The molecule has 0 aliphatic carbocycles. The summed E-state index contributed by atoms with van der Waals surface area (Å²) in [5.74, 6) is 0.566. The van der Waals surface area contributed by atoms with Crippen LogP contribution in [-0.4, -0.2) is 66.7 Å². The van der Waals surface area contributed by atoms with Gasteiger partial charge in [-0.25, -0.2) is 4.98 Å². The Bertz CT molecular complexity index is 1250. The predicted molar refractivity (Wildman–Crippen MR) is 154 cm³/mol. The molecule has 2 aromatic heterocycles. The molecule has 10 heteroatoms. The molecule has 0 saturated carbocycles. The number of hydrogen-bond donors (Lipinski definition) is 1. The number of nitrogens with one attached hydrogen (secondary N) is 1. The summed E-state index contributed by atoms with van der Waals surface area (Å²) in [5.41, 5.74) is 2.71. The molecule has 1 N–H and O–H groups in total. The third-order valence-electron chi connectivity index (χ3n) is 7.19. The number of carbonyl (C=O) groups is 1. The Morgan fingerprint density at radius 3 is 2.54 bits per heavy atom. The maximum Gasteiger partial charge on any atom is 0.416 e. The van der Waals surface area contributed by atoms with E-state index in [0.29, 0.717) is 44.1 Å². The minimum atomic E-state index is -4.38. The van der Waals surface area contributed by atoms with Crippen molar-refractivity contribution in [1.82, 2.24) is 20.2 Å². The highest BCUT2D eigenvalue weighted by Gasteiger charge is 2.30. The summed E-state index contributed by atoms with van der Waals surface area (Å²) >= 11 is 0. The van der Waals surface area contributed by atoms with Crippen molar-refractivity contribution in [3.05, 3.63) is 72.1 Å². The summed E-state index contributed by atoms with van der Waals surface area (Å²) in [6.45, 7) is 5.46. The van der Waals surface area contributed by atoms with Crippen LogP contribution in [0, 0.1) is 0 Å². The number of aryl methyl sites for hydroxylation is 1. The molecule has 0 unspecified atom stereocenters. The molecule has 1 saturated heterocycles. The van der Waals surface area contributed by atoms with Gasteiger partial charge in [0.05, 0.1) is 23.4 Å². The van der Waals surface area contributed by atoms with E-state index in [0.717, 1.165) is 61.3 Å². The fourth-order valence-corrected chi connectivity index (χ4v) is 5.06. The second-order valence-electron chi connectivity index (χ2n) is 10.4. The number of alkyl halides is 3. The SMILES string of the molecule is CCOc1ncccc1-c1ccc(CCCN(CCCC(=O)N[C@H]2CCN(C)C2)c2ccc(C(F)(F)F)cc2)cn1. The van der Waals surface area contributed by atoms with Gasteiger partial charge in [-0.15, -0.1) is 0 Å². The van der Waals surface area contributed by atoms with E-state index in [2.05, 4.69) is 25.1 Å². The molecule has 1 fully saturated rings. The Morgan fingerprint density at radius 2 is 1.88 bits per heavy atom. The highest BCUT2D eigenvalue weighted by atomic mass is 19.4. The molecule has 0 bridgehead atoms. The van der Waals surface area contributed by atoms with Gasteiger partial charge in [0, 0.05) is 50.2 Å². The first-order valence-corrected chi connectivity index (χ1v) is 14.2. The van der Waals surface area contributed by atoms with Gasteiger partial charge in [0.1, 0.15) is 0 Å². The molecule has 1 atom stereocenters. The van der Waals surface area contributed by atoms with Crippen molar-refractivity contribution in [1.29, 1.82) is 0 Å². The van der Waals surface area contributed by atoms with Crippen molar-refractivity contribution in [2.75, 3.05) is 44.7 Å². The van der Waals surface area contributed by atoms with Crippen molar-refractivity contribution >= 4 is 11.6 Å². The molecule has 1 aliphatic heterocycles. The minimum Gasteiger partial charge on any atom is -0.477 e. The van der Waals surface area contributed by atoms with Gasteiger partial charge in [0.2, 0.25) is 11.8 Å². The third-order valence-corrected chi connectivity index (χ3v) is 7.19. The Morgan fingerprint density at radius 1 is 1.10 bits per heavy atom. The quantitative estimate of drug-likeness (QED) is 0.289. The highest BCUT2D eigenvalue weighted by molar-refractivity contribution is 5.76. The number of carbonyl (C=O) groups excluding carboxylic acids is 1. The maximum absolute atomic E-state index is 13.1. The molecular weight excluding hydrogens is 531 g/mol. The van der Waals surface area contributed by atoms with E-state index in [-0.39, 0.29) is 11.9 Å². The first kappa shape index (κ1) is 30.3. The summed E-state index contributed by atoms with van der Waals surface area (Å²) in [7, 11) is 2.04. The van der Waals surface area contributed by atoms with Gasteiger partial charge in [-0.05, 0) is 94.2 Å². The first-order valence-electron chi connectivity index (χ1n) is 14.2. The van der Waals surface area contributed by atoms with Crippen LogP contribution in [-0.2, 0) is 17.4 Å². The van der Waals surface area contributed by atoms with E-state index in [1.807, 2.05) is 44.4 Å². The maximum atomic E-state index is 13.1. The number of nitrogens with zero attached hydrogens (tertiary/aromatic N) is 4. The Kier molecular flexibility index (Phi) is 10.6. The highest BCUT2D eigenvalue weighted by Crippen LogP contribution is 2.31. The number of pyridine rings is 2. The van der Waals surface area contributed by atoms with E-state index >= 15 is 0 Å². The lowest BCUT2D eigenvalue weighted by Crippen LogP contribution is -2.37. The molecule has 1 aromatic carbocycles. The van der Waals surface area contributed by atoms with Crippen LogP contribution in [0.25, 0.3) is 11.3 Å². The molecular formula is C31H38F3N5O2. The number of rotatable bonds is 13. The minimum absolute atomic E-state index is 0.0185. The number of benzene rings is 1. The van der Waals surface area contributed by atoms with Crippen LogP contribution < -0.4 is 15.0 Å². The van der Waals surface area contributed by atoms with Crippen LogP contribution in [0.1, 0.15) is 43.7 Å². The average Bonchev–Trinajstić information content (AvgIpc) is 3.37. The predicted octanol–water partition coefficient (Wildman–Crippen LogP) is 5.60. The zero-order valence-corrected chi connectivity index (χ0v) is 23.7. The fourth-order valence-electron chi connectivity index (χ4n) is 5.06. The number of hydrogen-bond acceptors (Lipinski definition) is 6. The number of ether oxygens (including phenoxy) is 1. The number of anilines is 1. The number of aromatic nitrogens is 2. The third kappa shape index (κ3) is 8.91. The van der Waals surface area contributed by atoms with E-state index in [4.69, 9.17) is 4.74 Å². The first-order chi connectivity index (χ1) is 19.7. The molecule has 3 aromatic rings. The average molecular weight is 570 g/mol. The van der Waals surface area contributed by atoms with E-state index < -0.39 is 11.7 Å². The van der Waals surface area contributed by atoms with Crippen molar-refractivity contribution in [3.8, 4) is 17.1 Å². The molecule has 3 heterocycles. The number of likely N-dealkylation sites (tertiary alicyclic amines) is 1. The van der Waals surface area contributed by atoms with Gasteiger partial charge < -0.3 is 19.9 Å². The van der Waals surface area contributed by atoms with Gasteiger partial charge >= 0.3 is 6.18 Å². The second-order valence-corrected chi connectivity index (χ2v) is 10.4. The topological polar surface area (TPSA) is 70.6 Å². The lowest BCUT2D eigenvalue weighted by Gasteiger charge is -2.25. The molecule has 7 nitrogen and oxygen atoms in total. The lowest BCUT2D eigenvalue weighted by atomic mass is 10.1. The summed E-state index contributed by atoms with van der Waals surface area (Å²) in [5, 5.41) is 3.10. The zero-order chi connectivity index (χ0) is 29.2. The van der Waals surface area contributed by atoms with E-state index in [1.54, 1.807) is 6.20 Å². The molecule has 0 spiro atoms. The molecule has 0 radical (unpaired) electrons. The summed E-state index contributed by atoms with van der Waals surface area (Å²) in [4.78, 5) is 25.6. The Hall–Kier alpha value is -3.66. The smallest absolute Gasteiger partial charge is 0.416 e. The van der Waals surface area contributed by atoms with Crippen molar-refractivity contribution < 1.29 is 22.7 Å². The number of halogens is 3. The van der Waals surface area contributed by atoms with Gasteiger partial charge in [-0.2, -0.15) is 13.2 Å². The standard InChI is InChI=1S/C31H38F3N5O2/c1-3-41-30-27(8-4-17-35-30)28-15-10-23(21-36-28)7-5-18-39(26-13-11-24(12-14-26)31(32,33)34)19-6-9-29(40)37-25-16-20-38(2)22-25/h4,8,10-15,17,21,25H,3,5-7,9,16,18-20,22H2,1-2H3,(H,37,40)/t25-/m0/s1. The summed E-state index contributed by atoms with van der Waals surface area (Å²) in [6, 6.07) is 13.2. The van der Waals surface area contributed by atoms with Crippen LogP contribution in [0.4, 0.5) is 18.9 Å². The van der Waals surface area contributed by atoms with Gasteiger partial charge in [0.15, 0.2) is 0 Å². The molecule has 4 rings (SSSR count). The lowest BCUT2D eigenvalue weighted by molar-refractivity contribution is -0.137. The number of amides is 1. The monoisotopic (exact) mass is 569 g/mol. The van der Waals surface area contributed by atoms with Crippen LogP contribution in [0.3, 0.4) is 0 Å². The molecule has 220 valence electrons. The molecule has 1 amide bonds. The van der Waals surface area contributed by atoms with Crippen LogP contribution in [0.2, 0.25) is 0 Å². The number of likely N-dealkylation sites (N-methyl/N-ethyl adjacent to an activating group) is 1.